The van der Waals surface area contributed by atoms with E-state index in [1.54, 1.807) is 0 Å². The summed E-state index contributed by atoms with van der Waals surface area (Å²) in [4.78, 5) is 32.1. The number of primary amides is 1. The molecule has 0 saturated heterocycles. The first-order chi connectivity index (χ1) is 13.7. The molecule has 0 aliphatic rings. The Morgan fingerprint density at radius 1 is 0.793 bits per heavy atom. The molecule has 11 N–H and O–H groups in total. The van der Waals surface area contributed by atoms with Crippen LogP contribution in [0.3, 0.4) is 0 Å². The van der Waals surface area contributed by atoms with Crippen LogP contribution in [0.2, 0.25) is 0 Å². The lowest BCUT2D eigenvalue weighted by molar-refractivity contribution is 0.0798. The van der Waals surface area contributed by atoms with Crippen molar-refractivity contribution in [3.05, 3.63) is 11.4 Å². The summed E-state index contributed by atoms with van der Waals surface area (Å²) in [7, 11) is 0. The molecule has 14 heteroatoms. The van der Waals surface area contributed by atoms with Crippen LogP contribution in [0.25, 0.3) is 0 Å². The van der Waals surface area contributed by atoms with Crippen LogP contribution >= 0.6 is 0 Å². The van der Waals surface area contributed by atoms with E-state index in [1.807, 2.05) is 0 Å². The highest BCUT2D eigenvalue weighted by Crippen LogP contribution is 2.18. The molecule has 0 aromatic carbocycles. The van der Waals surface area contributed by atoms with E-state index in [-0.39, 0.29) is 42.7 Å². The van der Waals surface area contributed by atoms with E-state index in [0.717, 1.165) is 0 Å². The van der Waals surface area contributed by atoms with Gasteiger partial charge in [-0.15, -0.1) is 0 Å². The average Bonchev–Trinajstić information content (AvgIpc) is 2.72. The second kappa shape index (κ2) is 12.1. The lowest BCUT2D eigenvalue weighted by Gasteiger charge is -2.17. The largest absolute Gasteiger partial charge is 0.394 e. The Labute approximate surface area is 165 Å². The predicted molar refractivity (Wildman–Crippen MR) is 99.1 cm³/mol. The van der Waals surface area contributed by atoms with Crippen molar-refractivity contribution in [1.29, 1.82) is 0 Å². The Bertz CT molecular complexity index is 691. The Morgan fingerprint density at radius 3 is 1.66 bits per heavy atom. The molecular weight excluding hydrogens is 392 g/mol. The lowest BCUT2D eigenvalue weighted by Crippen LogP contribution is -2.36. The normalized spacial score (nSPS) is 14.0. The minimum atomic E-state index is -1.22. The minimum absolute atomic E-state index is 0.230. The molecule has 0 fully saturated rings. The van der Waals surface area contributed by atoms with E-state index in [0.29, 0.717) is 0 Å². The van der Waals surface area contributed by atoms with Gasteiger partial charge in [-0.25, -0.2) is 9.97 Å². The van der Waals surface area contributed by atoms with Crippen molar-refractivity contribution in [2.24, 2.45) is 5.73 Å². The van der Waals surface area contributed by atoms with Gasteiger partial charge < -0.3 is 52.3 Å². The third kappa shape index (κ3) is 7.72. The maximum atomic E-state index is 12.4. The lowest BCUT2D eigenvalue weighted by atomic mass is 10.2. The quantitative estimate of drug-likeness (QED) is 0.145. The number of carbonyl (C=O) groups excluding carboxylic acids is 2. The summed E-state index contributed by atoms with van der Waals surface area (Å²) in [6.45, 7) is -2.51. The summed E-state index contributed by atoms with van der Waals surface area (Å²) in [6.07, 6.45) is -3.60. The van der Waals surface area contributed by atoms with Gasteiger partial charge in [0.1, 0.15) is 0 Å². The molecule has 0 bridgehead atoms. The van der Waals surface area contributed by atoms with Gasteiger partial charge in [-0.1, -0.05) is 0 Å². The van der Waals surface area contributed by atoms with E-state index < -0.39 is 49.9 Å². The summed E-state index contributed by atoms with van der Waals surface area (Å²) in [6, 6.07) is 0. The third-order valence-electron chi connectivity index (χ3n) is 3.49. The summed E-state index contributed by atoms with van der Waals surface area (Å²) in [5, 5.41) is 62.4. The Kier molecular flexibility index (Phi) is 10.1. The molecular formula is C15H26N6O8. The zero-order valence-electron chi connectivity index (χ0n) is 15.4. The van der Waals surface area contributed by atoms with Crippen molar-refractivity contribution in [1.82, 2.24) is 15.3 Å². The molecule has 1 aromatic rings. The van der Waals surface area contributed by atoms with Crippen LogP contribution in [-0.2, 0) is 0 Å². The van der Waals surface area contributed by atoms with Gasteiger partial charge >= 0.3 is 0 Å². The molecule has 1 rings (SSSR count). The standard InChI is InChI=1S/C15H26N6O8/c16-12(28)10-13(17-1-7(25)4-22)21-11(15(29)19-3-9(27)6-24)14(20-10)18-2-8(26)5-23/h7-9,22-27H,1-6H2,(H2,16,28)(H,17,21)(H,18,20)(H,19,29). The molecule has 0 spiro atoms. The molecule has 164 valence electrons. The highest BCUT2D eigenvalue weighted by atomic mass is 16.3. The molecule has 14 nitrogen and oxygen atoms in total. The SMILES string of the molecule is NC(=O)c1nc(NCC(O)CO)c(C(=O)NCC(O)CO)nc1NCC(O)CO. The van der Waals surface area contributed by atoms with E-state index >= 15 is 0 Å². The number of aliphatic hydroxyl groups excluding tert-OH is 6. The number of nitrogens with one attached hydrogen (secondary N) is 3. The van der Waals surface area contributed by atoms with Crippen LogP contribution < -0.4 is 21.7 Å². The molecule has 3 atom stereocenters. The molecule has 3 unspecified atom stereocenters. The van der Waals surface area contributed by atoms with Crippen molar-refractivity contribution in [3.63, 3.8) is 0 Å². The molecule has 1 heterocycles. The highest BCUT2D eigenvalue weighted by Gasteiger charge is 2.23. The number of aromatic nitrogens is 2. The monoisotopic (exact) mass is 418 g/mol. The summed E-state index contributed by atoms with van der Waals surface area (Å²) < 4.78 is 0. The van der Waals surface area contributed by atoms with E-state index in [2.05, 4.69) is 25.9 Å². The maximum Gasteiger partial charge on any atom is 0.273 e. The van der Waals surface area contributed by atoms with Crippen molar-refractivity contribution in [2.45, 2.75) is 18.3 Å². The number of hydrogen-bond acceptors (Lipinski definition) is 12. The van der Waals surface area contributed by atoms with Crippen LogP contribution in [0.15, 0.2) is 0 Å². The molecule has 0 radical (unpaired) electrons. The second-order valence-electron chi connectivity index (χ2n) is 5.96. The van der Waals surface area contributed by atoms with Gasteiger partial charge in [-0.05, 0) is 0 Å². The molecule has 0 aliphatic carbocycles. The summed E-state index contributed by atoms with van der Waals surface area (Å²) in [5.41, 5.74) is 4.53. The average molecular weight is 418 g/mol. The fourth-order valence-electron chi connectivity index (χ4n) is 1.93. The number of aliphatic hydroxyl groups is 6. The first-order valence-corrected chi connectivity index (χ1v) is 8.57. The number of nitrogens with two attached hydrogens (primary N) is 1. The Morgan fingerprint density at radius 2 is 1.21 bits per heavy atom. The van der Waals surface area contributed by atoms with Crippen LogP contribution in [0.5, 0.6) is 0 Å². The number of amides is 2. The maximum absolute atomic E-state index is 12.4. The van der Waals surface area contributed by atoms with E-state index in [1.165, 1.54) is 0 Å². The highest BCUT2D eigenvalue weighted by molar-refractivity contribution is 6.01. The van der Waals surface area contributed by atoms with E-state index in [4.69, 9.17) is 21.1 Å². The van der Waals surface area contributed by atoms with Gasteiger partial charge in [0.15, 0.2) is 23.0 Å². The molecule has 1 aromatic heterocycles. The zero-order chi connectivity index (χ0) is 22.0. The molecule has 0 aliphatic heterocycles. The number of anilines is 2. The Hall–Kier alpha value is -2.62. The Balaban J connectivity index is 3.25. The van der Waals surface area contributed by atoms with Gasteiger partial charge in [0.05, 0.1) is 38.1 Å². The fraction of sp³-hybridized carbons (Fsp3) is 0.600. The topological polar surface area (TPSA) is 243 Å². The number of hydrogen-bond donors (Lipinski definition) is 10. The first-order valence-electron chi connectivity index (χ1n) is 8.57. The molecule has 29 heavy (non-hydrogen) atoms. The smallest absolute Gasteiger partial charge is 0.273 e. The van der Waals surface area contributed by atoms with Gasteiger partial charge in [0.2, 0.25) is 0 Å². The fourth-order valence-corrected chi connectivity index (χ4v) is 1.93. The van der Waals surface area contributed by atoms with Gasteiger partial charge in [0, 0.05) is 19.6 Å². The van der Waals surface area contributed by atoms with Crippen LogP contribution in [0.4, 0.5) is 11.6 Å². The third-order valence-corrected chi connectivity index (χ3v) is 3.49. The van der Waals surface area contributed by atoms with E-state index in [9.17, 15) is 24.9 Å². The van der Waals surface area contributed by atoms with Crippen LogP contribution in [0.1, 0.15) is 21.0 Å². The van der Waals surface area contributed by atoms with Crippen molar-refractivity contribution >= 4 is 23.5 Å². The predicted octanol–water partition coefficient (Wildman–Crippen LogP) is -4.81. The number of nitrogens with zero attached hydrogens (tertiary/aromatic N) is 2. The molecule has 0 saturated carbocycles. The van der Waals surface area contributed by atoms with Crippen molar-refractivity contribution < 1.29 is 40.2 Å². The minimum Gasteiger partial charge on any atom is -0.394 e. The number of carbonyl (C=O) groups is 2. The molecule has 2 amide bonds. The van der Waals surface area contributed by atoms with Crippen molar-refractivity contribution in [2.75, 3.05) is 50.1 Å². The first kappa shape index (κ1) is 24.4. The van der Waals surface area contributed by atoms with Gasteiger partial charge in [-0.2, -0.15) is 0 Å². The summed E-state index contributed by atoms with van der Waals surface area (Å²) in [5.74, 6) is -2.33. The number of rotatable bonds is 13. The van der Waals surface area contributed by atoms with Crippen LogP contribution in [0, 0.1) is 0 Å². The van der Waals surface area contributed by atoms with Gasteiger partial charge in [-0.3, -0.25) is 9.59 Å². The van der Waals surface area contributed by atoms with Crippen molar-refractivity contribution in [3.8, 4) is 0 Å². The van der Waals surface area contributed by atoms with Crippen LogP contribution in [-0.4, -0.2) is 110 Å². The second-order valence-corrected chi connectivity index (χ2v) is 5.96. The summed E-state index contributed by atoms with van der Waals surface area (Å²) >= 11 is 0. The zero-order valence-corrected chi connectivity index (χ0v) is 15.4. The van der Waals surface area contributed by atoms with Gasteiger partial charge in [0.25, 0.3) is 11.8 Å².